The molecular weight excluding hydrogens is 178 g/mol. The summed E-state index contributed by atoms with van der Waals surface area (Å²) in [7, 11) is 0. The normalized spacial score (nSPS) is 29.2. The molecule has 1 heterocycles. The van der Waals surface area contributed by atoms with E-state index >= 15 is 0 Å². The minimum atomic E-state index is -0.360. The Morgan fingerprint density at radius 2 is 2.00 bits per heavy atom. The molecule has 1 N–H and O–H groups in total. The smallest absolute Gasteiger partial charge is 0.323 e. The Labute approximate surface area is 85.2 Å². The maximum Gasteiger partial charge on any atom is 0.323 e. The van der Waals surface area contributed by atoms with Crippen LogP contribution in [0.4, 0.5) is 0 Å². The Morgan fingerprint density at radius 1 is 1.43 bits per heavy atom. The number of rotatable bonds is 1. The van der Waals surface area contributed by atoms with E-state index in [4.69, 9.17) is 4.74 Å². The number of hydrogen-bond acceptors (Lipinski definition) is 3. The van der Waals surface area contributed by atoms with E-state index in [1.165, 1.54) is 19.3 Å². The van der Waals surface area contributed by atoms with Crippen LogP contribution in [0, 0.1) is 0 Å². The van der Waals surface area contributed by atoms with Gasteiger partial charge < -0.3 is 4.74 Å². The summed E-state index contributed by atoms with van der Waals surface area (Å²) >= 11 is 0. The largest absolute Gasteiger partial charge is 0.459 e. The molecule has 1 aliphatic heterocycles. The summed E-state index contributed by atoms with van der Waals surface area (Å²) in [5.41, 5.74) is -0.0390. The predicted molar refractivity (Wildman–Crippen MR) is 54.0 cm³/mol. The van der Waals surface area contributed by atoms with Crippen molar-refractivity contribution in [3.05, 3.63) is 0 Å². The Kier molecular flexibility index (Phi) is 2.11. The lowest BCUT2D eigenvalue weighted by atomic mass is 9.66. The minimum Gasteiger partial charge on any atom is -0.459 e. The monoisotopic (exact) mass is 197 g/mol. The molecular formula is C11H19NO2. The van der Waals surface area contributed by atoms with Crippen LogP contribution in [0.15, 0.2) is 0 Å². The summed E-state index contributed by atoms with van der Waals surface area (Å²) < 4.78 is 5.30. The van der Waals surface area contributed by atoms with E-state index in [1.54, 1.807) is 0 Å². The molecule has 0 aromatic heterocycles. The first-order valence-electron chi connectivity index (χ1n) is 5.41. The average Bonchev–Trinajstić information content (AvgIpc) is 1.74. The number of hydrogen-bond donors (Lipinski definition) is 1. The Bertz CT molecular complexity index is 243. The van der Waals surface area contributed by atoms with Crippen LogP contribution in [0.3, 0.4) is 0 Å². The highest BCUT2D eigenvalue weighted by atomic mass is 16.6. The van der Waals surface area contributed by atoms with Gasteiger partial charge in [-0.15, -0.1) is 0 Å². The van der Waals surface area contributed by atoms with Gasteiger partial charge in [0, 0.05) is 5.54 Å². The van der Waals surface area contributed by atoms with Gasteiger partial charge in [0.2, 0.25) is 0 Å². The quantitative estimate of drug-likeness (QED) is 0.649. The Morgan fingerprint density at radius 3 is 2.36 bits per heavy atom. The summed E-state index contributed by atoms with van der Waals surface area (Å²) in [5.74, 6) is -0.0879. The fraction of sp³-hybridized carbons (Fsp3) is 0.909. The first kappa shape index (κ1) is 9.97. The van der Waals surface area contributed by atoms with Gasteiger partial charge in [-0.3, -0.25) is 10.1 Å². The molecule has 1 saturated carbocycles. The molecule has 1 saturated heterocycles. The van der Waals surface area contributed by atoms with E-state index in [9.17, 15) is 4.79 Å². The Hall–Kier alpha value is -0.570. The standard InChI is InChI=1S/C11H19NO2/c1-10(2,3)14-9(13)8-7-11(12-8)5-4-6-11/h8,12H,4-7H2,1-3H3. The molecule has 80 valence electrons. The van der Waals surface area contributed by atoms with Crippen molar-refractivity contribution in [2.75, 3.05) is 0 Å². The second kappa shape index (κ2) is 2.96. The van der Waals surface area contributed by atoms with Crippen LogP contribution in [-0.2, 0) is 9.53 Å². The van der Waals surface area contributed by atoms with Crippen molar-refractivity contribution in [3.63, 3.8) is 0 Å². The average molecular weight is 197 g/mol. The van der Waals surface area contributed by atoms with Crippen LogP contribution < -0.4 is 5.32 Å². The van der Waals surface area contributed by atoms with Crippen LogP contribution in [0.25, 0.3) is 0 Å². The molecule has 1 atom stereocenters. The summed E-state index contributed by atoms with van der Waals surface area (Å²) in [6, 6.07) is -0.0467. The van der Waals surface area contributed by atoms with Crippen LogP contribution in [-0.4, -0.2) is 23.2 Å². The minimum absolute atomic E-state index is 0.0467. The predicted octanol–water partition coefficient (Wildman–Crippen LogP) is 1.61. The van der Waals surface area contributed by atoms with E-state index in [1.807, 2.05) is 20.8 Å². The molecule has 3 heteroatoms. The van der Waals surface area contributed by atoms with Crippen molar-refractivity contribution in [1.82, 2.24) is 5.32 Å². The lowest BCUT2D eigenvalue weighted by molar-refractivity contribution is -0.164. The molecule has 0 radical (unpaired) electrons. The summed E-state index contributed by atoms with van der Waals surface area (Å²) in [6.07, 6.45) is 4.73. The summed E-state index contributed by atoms with van der Waals surface area (Å²) in [6.45, 7) is 5.72. The van der Waals surface area contributed by atoms with Crippen molar-refractivity contribution >= 4 is 5.97 Å². The van der Waals surface area contributed by atoms with Crippen molar-refractivity contribution in [1.29, 1.82) is 0 Å². The van der Waals surface area contributed by atoms with E-state index < -0.39 is 0 Å². The highest BCUT2D eigenvalue weighted by Gasteiger charge is 2.51. The topological polar surface area (TPSA) is 38.3 Å². The number of nitrogens with one attached hydrogen (secondary N) is 1. The van der Waals surface area contributed by atoms with Gasteiger partial charge in [-0.25, -0.2) is 0 Å². The second-order valence-corrected chi connectivity index (χ2v) is 5.57. The maximum atomic E-state index is 11.6. The zero-order chi connectivity index (χ0) is 10.4. The van der Waals surface area contributed by atoms with Gasteiger partial charge in [0.15, 0.2) is 0 Å². The SMILES string of the molecule is CC(C)(C)OC(=O)C1CC2(CCC2)N1. The molecule has 0 amide bonds. The lowest BCUT2D eigenvalue weighted by Crippen LogP contribution is -2.69. The molecule has 0 aromatic carbocycles. The molecule has 14 heavy (non-hydrogen) atoms. The Balaban J connectivity index is 1.79. The third kappa shape index (κ3) is 1.78. The number of carbonyl (C=O) groups excluding carboxylic acids is 1. The third-order valence-electron chi connectivity index (χ3n) is 3.08. The zero-order valence-electron chi connectivity index (χ0n) is 9.22. The molecule has 0 bridgehead atoms. The molecule has 3 nitrogen and oxygen atoms in total. The second-order valence-electron chi connectivity index (χ2n) is 5.57. The van der Waals surface area contributed by atoms with Crippen molar-refractivity contribution in [2.24, 2.45) is 0 Å². The fourth-order valence-electron chi connectivity index (χ4n) is 2.21. The van der Waals surface area contributed by atoms with Crippen LogP contribution in [0.1, 0.15) is 46.5 Å². The van der Waals surface area contributed by atoms with Crippen LogP contribution >= 0.6 is 0 Å². The van der Waals surface area contributed by atoms with Gasteiger partial charge in [-0.2, -0.15) is 0 Å². The van der Waals surface area contributed by atoms with E-state index in [0.717, 1.165) is 6.42 Å². The van der Waals surface area contributed by atoms with E-state index in [0.29, 0.717) is 5.54 Å². The van der Waals surface area contributed by atoms with Crippen molar-refractivity contribution in [2.45, 2.75) is 63.6 Å². The molecule has 0 aromatic rings. The molecule has 2 aliphatic rings. The van der Waals surface area contributed by atoms with Gasteiger partial charge in [0.1, 0.15) is 11.6 Å². The lowest BCUT2D eigenvalue weighted by Gasteiger charge is -2.54. The highest BCUT2D eigenvalue weighted by Crippen LogP contribution is 2.42. The van der Waals surface area contributed by atoms with Gasteiger partial charge in [0.05, 0.1) is 0 Å². The molecule has 2 rings (SSSR count). The van der Waals surface area contributed by atoms with E-state index in [-0.39, 0.29) is 17.6 Å². The maximum absolute atomic E-state index is 11.6. The fourth-order valence-corrected chi connectivity index (χ4v) is 2.21. The highest BCUT2D eigenvalue weighted by molar-refractivity contribution is 5.78. The van der Waals surface area contributed by atoms with Crippen molar-refractivity contribution < 1.29 is 9.53 Å². The van der Waals surface area contributed by atoms with Gasteiger partial charge in [-0.1, -0.05) is 0 Å². The van der Waals surface area contributed by atoms with Gasteiger partial charge >= 0.3 is 5.97 Å². The number of carbonyl (C=O) groups is 1. The molecule has 1 unspecified atom stereocenters. The van der Waals surface area contributed by atoms with Crippen molar-refractivity contribution in [3.8, 4) is 0 Å². The van der Waals surface area contributed by atoms with Gasteiger partial charge in [0.25, 0.3) is 0 Å². The van der Waals surface area contributed by atoms with E-state index in [2.05, 4.69) is 5.32 Å². The van der Waals surface area contributed by atoms with Gasteiger partial charge in [-0.05, 0) is 46.5 Å². The van der Waals surface area contributed by atoms with Crippen LogP contribution in [0.2, 0.25) is 0 Å². The third-order valence-corrected chi connectivity index (χ3v) is 3.08. The molecule has 2 fully saturated rings. The molecule has 1 spiro atoms. The van der Waals surface area contributed by atoms with Crippen LogP contribution in [0.5, 0.6) is 0 Å². The first-order chi connectivity index (χ1) is 6.40. The molecule has 1 aliphatic carbocycles. The number of ether oxygens (including phenoxy) is 1. The zero-order valence-corrected chi connectivity index (χ0v) is 9.22. The summed E-state index contributed by atoms with van der Waals surface area (Å²) in [5, 5.41) is 3.34. The number of esters is 1. The summed E-state index contributed by atoms with van der Waals surface area (Å²) in [4.78, 5) is 11.6. The first-order valence-corrected chi connectivity index (χ1v) is 5.41.